The van der Waals surface area contributed by atoms with E-state index < -0.39 is 0 Å². The quantitative estimate of drug-likeness (QED) is 0.566. The van der Waals surface area contributed by atoms with Crippen molar-refractivity contribution in [3.05, 3.63) is 18.0 Å². The monoisotopic (exact) mass is 260 g/mol. The van der Waals surface area contributed by atoms with Crippen molar-refractivity contribution in [3.63, 3.8) is 0 Å². The molecule has 6 heteroatoms. The molecule has 0 aliphatic carbocycles. The van der Waals surface area contributed by atoms with Crippen molar-refractivity contribution in [3.8, 4) is 0 Å². The molecule has 1 aromatic rings. The molecule has 1 aliphatic heterocycles. The Hall–Kier alpha value is -0.520. The van der Waals surface area contributed by atoms with Crippen LogP contribution in [-0.2, 0) is 0 Å². The molecule has 4 nitrogen and oxygen atoms in total. The molecule has 0 spiro atoms. The number of nitrogens with one attached hydrogen (secondary N) is 1. The molecule has 1 saturated heterocycles. The fraction of sp³-hybridized carbons (Fsp3) is 0.600. The summed E-state index contributed by atoms with van der Waals surface area (Å²) in [6, 6.07) is 0.261. The smallest absolute Gasteiger partial charge is 0.276 e. The lowest BCUT2D eigenvalue weighted by molar-refractivity contribution is -0.00000384. The van der Waals surface area contributed by atoms with Crippen LogP contribution < -0.4 is 17.7 Å². The second kappa shape index (κ2) is 6.27. The van der Waals surface area contributed by atoms with E-state index in [0.29, 0.717) is 5.22 Å². The Morgan fingerprint density at radius 1 is 1.62 bits per heavy atom. The van der Waals surface area contributed by atoms with Crippen LogP contribution in [-0.4, -0.2) is 22.5 Å². The molecule has 1 atom stereocenters. The van der Waals surface area contributed by atoms with Crippen LogP contribution in [0.2, 0.25) is 0 Å². The summed E-state index contributed by atoms with van der Waals surface area (Å²) < 4.78 is 5.56. The maximum Gasteiger partial charge on any atom is 0.276 e. The van der Waals surface area contributed by atoms with E-state index in [-0.39, 0.29) is 18.4 Å². The minimum Gasteiger partial charge on any atom is -1.00 e. The molecule has 0 saturated carbocycles. The summed E-state index contributed by atoms with van der Waals surface area (Å²) in [6.45, 7) is 6.86. The molecular formula is C10H15ClN3OS-. The average Bonchev–Trinajstić information content (AvgIpc) is 2.85. The largest absolute Gasteiger partial charge is 1.00 e. The Bertz CT molecular complexity index is 350. The van der Waals surface area contributed by atoms with Crippen LogP contribution in [0, 0.1) is 0 Å². The van der Waals surface area contributed by atoms with Gasteiger partial charge >= 0.3 is 0 Å². The van der Waals surface area contributed by atoms with Crippen molar-refractivity contribution in [2.75, 3.05) is 12.3 Å². The predicted molar refractivity (Wildman–Crippen MR) is 59.8 cm³/mol. The summed E-state index contributed by atoms with van der Waals surface area (Å²) >= 11 is 1.54. The molecule has 90 valence electrons. The van der Waals surface area contributed by atoms with Gasteiger partial charge in [0.05, 0.1) is 6.04 Å². The fourth-order valence-corrected chi connectivity index (χ4v) is 2.11. The zero-order chi connectivity index (χ0) is 10.7. The zero-order valence-electron chi connectivity index (χ0n) is 9.20. The van der Waals surface area contributed by atoms with Gasteiger partial charge in [-0.25, -0.2) is 0 Å². The molecule has 0 radical (unpaired) electrons. The van der Waals surface area contributed by atoms with E-state index in [0.717, 1.165) is 30.2 Å². The predicted octanol–water partition coefficient (Wildman–Crippen LogP) is -0.834. The van der Waals surface area contributed by atoms with Crippen molar-refractivity contribution in [2.45, 2.75) is 31.0 Å². The molecule has 1 fully saturated rings. The minimum absolute atomic E-state index is 0. The van der Waals surface area contributed by atoms with Crippen molar-refractivity contribution in [1.82, 2.24) is 15.5 Å². The molecule has 2 heterocycles. The van der Waals surface area contributed by atoms with Crippen LogP contribution in [0.4, 0.5) is 0 Å². The van der Waals surface area contributed by atoms with Gasteiger partial charge in [-0.15, -0.1) is 10.2 Å². The van der Waals surface area contributed by atoms with Crippen LogP contribution in [0.3, 0.4) is 0 Å². The first-order valence-corrected chi connectivity index (χ1v) is 6.08. The van der Waals surface area contributed by atoms with Crippen LogP contribution in [0.25, 0.3) is 0 Å². The number of rotatable bonds is 4. The number of halogens is 1. The topological polar surface area (TPSA) is 51.0 Å². The summed E-state index contributed by atoms with van der Waals surface area (Å²) in [5.41, 5.74) is 1.11. The number of hydrogen-bond donors (Lipinski definition) is 1. The lowest BCUT2D eigenvalue weighted by Gasteiger charge is -2.02. The van der Waals surface area contributed by atoms with Gasteiger partial charge in [0.25, 0.3) is 5.22 Å². The van der Waals surface area contributed by atoms with Gasteiger partial charge in [0.2, 0.25) is 5.89 Å². The maximum absolute atomic E-state index is 5.56. The number of nitrogens with zero attached hydrogens (tertiary/aromatic N) is 2. The highest BCUT2D eigenvalue weighted by molar-refractivity contribution is 7.99. The Balaban J connectivity index is 0.00000128. The number of thioether (sulfide) groups is 1. The van der Waals surface area contributed by atoms with Gasteiger partial charge in [-0.2, -0.15) is 0 Å². The summed E-state index contributed by atoms with van der Waals surface area (Å²) in [5.74, 6) is 1.55. The van der Waals surface area contributed by atoms with Gasteiger partial charge < -0.3 is 22.1 Å². The first-order valence-electron chi connectivity index (χ1n) is 5.09. The van der Waals surface area contributed by atoms with Crippen molar-refractivity contribution < 1.29 is 16.8 Å². The summed E-state index contributed by atoms with van der Waals surface area (Å²) in [6.07, 6.45) is 2.27. The highest BCUT2D eigenvalue weighted by atomic mass is 35.5. The Labute approximate surface area is 106 Å². The Kier molecular flexibility index (Phi) is 5.31. The van der Waals surface area contributed by atoms with Crippen LogP contribution in [0.15, 0.2) is 21.8 Å². The van der Waals surface area contributed by atoms with E-state index in [4.69, 9.17) is 4.42 Å². The molecule has 1 aromatic heterocycles. The third-order valence-corrected chi connectivity index (χ3v) is 3.27. The summed E-state index contributed by atoms with van der Waals surface area (Å²) in [4.78, 5) is 0. The molecule has 0 unspecified atom stereocenters. The van der Waals surface area contributed by atoms with E-state index in [1.54, 1.807) is 11.8 Å². The Morgan fingerprint density at radius 3 is 3.06 bits per heavy atom. The highest BCUT2D eigenvalue weighted by Crippen LogP contribution is 2.25. The fourth-order valence-electron chi connectivity index (χ4n) is 1.50. The number of hydrogen-bond acceptors (Lipinski definition) is 5. The van der Waals surface area contributed by atoms with Crippen LogP contribution >= 0.6 is 11.8 Å². The molecule has 0 bridgehead atoms. The van der Waals surface area contributed by atoms with Gasteiger partial charge in [-0.3, -0.25) is 0 Å². The Morgan fingerprint density at radius 2 is 2.44 bits per heavy atom. The second-order valence-corrected chi connectivity index (χ2v) is 4.73. The lowest BCUT2D eigenvalue weighted by atomic mass is 10.2. The molecule has 0 amide bonds. The summed E-state index contributed by atoms with van der Waals surface area (Å²) in [7, 11) is 0. The highest BCUT2D eigenvalue weighted by Gasteiger charge is 2.21. The van der Waals surface area contributed by atoms with E-state index >= 15 is 0 Å². The third-order valence-electron chi connectivity index (χ3n) is 2.22. The lowest BCUT2D eigenvalue weighted by Crippen LogP contribution is -3.00. The normalized spacial score (nSPS) is 19.4. The molecule has 1 N–H and O–H groups in total. The zero-order valence-corrected chi connectivity index (χ0v) is 10.8. The standard InChI is InChI=1S/C10H15N3OS.ClH/c1-7(2)6-15-10-13-12-9(14-10)8-4-3-5-11-8;/h8,11H,1,3-6H2,2H3;1H/p-1/t8-;/m0./s1. The van der Waals surface area contributed by atoms with Gasteiger partial charge in [0.1, 0.15) is 0 Å². The van der Waals surface area contributed by atoms with Crippen molar-refractivity contribution >= 4 is 11.8 Å². The van der Waals surface area contributed by atoms with Crippen molar-refractivity contribution in [1.29, 1.82) is 0 Å². The first-order chi connectivity index (χ1) is 7.25. The maximum atomic E-state index is 5.56. The molecule has 0 aromatic carbocycles. The van der Waals surface area contributed by atoms with E-state index in [1.165, 1.54) is 6.42 Å². The average molecular weight is 261 g/mol. The summed E-state index contributed by atoms with van der Waals surface area (Å²) in [5, 5.41) is 12.0. The second-order valence-electron chi connectivity index (χ2n) is 3.80. The SMILES string of the molecule is C=C(C)CSc1nnc([C@@H]2CCCN2)o1.[Cl-]. The third kappa shape index (κ3) is 3.50. The molecule has 1 aliphatic rings. The van der Waals surface area contributed by atoms with Crippen LogP contribution in [0.1, 0.15) is 31.7 Å². The van der Waals surface area contributed by atoms with E-state index in [1.807, 2.05) is 6.92 Å². The minimum atomic E-state index is 0. The van der Waals surface area contributed by atoms with Gasteiger partial charge in [-0.05, 0) is 26.3 Å². The molecule has 2 rings (SSSR count). The van der Waals surface area contributed by atoms with E-state index in [9.17, 15) is 0 Å². The van der Waals surface area contributed by atoms with Crippen LogP contribution in [0.5, 0.6) is 0 Å². The van der Waals surface area contributed by atoms with Gasteiger partial charge in [0, 0.05) is 5.75 Å². The van der Waals surface area contributed by atoms with E-state index in [2.05, 4.69) is 22.1 Å². The first kappa shape index (κ1) is 13.5. The number of aromatic nitrogens is 2. The van der Waals surface area contributed by atoms with Gasteiger partial charge in [0.15, 0.2) is 0 Å². The molecular weight excluding hydrogens is 246 g/mol. The molecule has 16 heavy (non-hydrogen) atoms. The van der Waals surface area contributed by atoms with Gasteiger partial charge in [-0.1, -0.05) is 23.9 Å². The van der Waals surface area contributed by atoms with Crippen molar-refractivity contribution in [2.24, 2.45) is 0 Å².